The number of ether oxygens (including phenoxy) is 1. The first-order valence-corrected chi connectivity index (χ1v) is 5.84. The molecule has 0 N–H and O–H groups in total. The first-order chi connectivity index (χ1) is 8.79. The maximum Gasteiger partial charge on any atom is 0.236 e. The van der Waals surface area contributed by atoms with Gasteiger partial charge in [0.05, 0.1) is 19.2 Å². The van der Waals surface area contributed by atoms with Gasteiger partial charge in [-0.15, -0.1) is 0 Å². The number of carbonyl (C=O) groups excluding carboxylic acids is 1. The molecule has 1 aliphatic heterocycles. The minimum absolute atomic E-state index is 0.112. The van der Waals surface area contributed by atoms with Gasteiger partial charge in [0.25, 0.3) is 0 Å². The highest BCUT2D eigenvalue weighted by molar-refractivity contribution is 6.07. The van der Waals surface area contributed by atoms with Crippen LogP contribution < -0.4 is 9.64 Å². The second kappa shape index (κ2) is 4.18. The summed E-state index contributed by atoms with van der Waals surface area (Å²) in [5.41, 5.74) is 2.94. The topological polar surface area (TPSA) is 29.5 Å². The van der Waals surface area contributed by atoms with E-state index < -0.39 is 0 Å². The molecule has 0 radical (unpaired) electrons. The molecule has 2 aromatic rings. The molecule has 0 fully saturated rings. The van der Waals surface area contributed by atoms with Gasteiger partial charge in [-0.2, -0.15) is 0 Å². The highest BCUT2D eigenvalue weighted by Gasteiger charge is 2.27. The van der Waals surface area contributed by atoms with Crippen LogP contribution in [0.15, 0.2) is 48.5 Å². The lowest BCUT2D eigenvalue weighted by Gasteiger charge is -2.17. The molecule has 0 aliphatic carbocycles. The van der Waals surface area contributed by atoms with Crippen molar-refractivity contribution in [3.63, 3.8) is 0 Å². The van der Waals surface area contributed by atoms with Gasteiger partial charge < -0.3 is 4.74 Å². The van der Waals surface area contributed by atoms with Gasteiger partial charge in [-0.25, -0.2) is 0 Å². The number of nitrogens with zero attached hydrogens (tertiary/aromatic N) is 1. The maximum atomic E-state index is 12.1. The number of fused-ring (bicyclic) bond motifs is 1. The second-order valence-electron chi connectivity index (χ2n) is 4.23. The fraction of sp³-hybridized carbons (Fsp3) is 0.133. The zero-order valence-corrected chi connectivity index (χ0v) is 10.1. The fourth-order valence-corrected chi connectivity index (χ4v) is 2.27. The van der Waals surface area contributed by atoms with E-state index in [0.29, 0.717) is 6.42 Å². The number of anilines is 2. The van der Waals surface area contributed by atoms with E-state index in [1.165, 1.54) is 0 Å². The number of methoxy groups -OCH3 is 1. The van der Waals surface area contributed by atoms with E-state index in [1.54, 1.807) is 12.0 Å². The Labute approximate surface area is 106 Å². The van der Waals surface area contributed by atoms with Crippen molar-refractivity contribution in [3.8, 4) is 5.75 Å². The molecule has 1 heterocycles. The van der Waals surface area contributed by atoms with Crippen molar-refractivity contribution >= 4 is 17.3 Å². The van der Waals surface area contributed by atoms with E-state index in [2.05, 4.69) is 0 Å². The summed E-state index contributed by atoms with van der Waals surface area (Å²) in [7, 11) is 1.63. The lowest BCUT2D eigenvalue weighted by Crippen LogP contribution is -2.20. The molecule has 1 aliphatic rings. The van der Waals surface area contributed by atoms with Crippen LogP contribution in [0.3, 0.4) is 0 Å². The van der Waals surface area contributed by atoms with Crippen LogP contribution in [0.5, 0.6) is 5.75 Å². The van der Waals surface area contributed by atoms with Crippen LogP contribution in [0.4, 0.5) is 11.4 Å². The van der Waals surface area contributed by atoms with Crippen LogP contribution in [0, 0.1) is 0 Å². The van der Waals surface area contributed by atoms with Crippen molar-refractivity contribution in [2.45, 2.75) is 6.42 Å². The van der Waals surface area contributed by atoms with Gasteiger partial charge in [0.15, 0.2) is 0 Å². The van der Waals surface area contributed by atoms with Gasteiger partial charge in [0.2, 0.25) is 5.91 Å². The van der Waals surface area contributed by atoms with Crippen molar-refractivity contribution in [2.75, 3.05) is 12.0 Å². The molecule has 0 spiro atoms. The van der Waals surface area contributed by atoms with E-state index in [0.717, 1.165) is 22.7 Å². The first-order valence-electron chi connectivity index (χ1n) is 5.84. The Morgan fingerprint density at radius 2 is 1.78 bits per heavy atom. The molecular weight excluding hydrogens is 226 g/mol. The molecule has 0 aromatic heterocycles. The molecule has 0 atom stereocenters. The molecule has 0 bridgehead atoms. The predicted molar refractivity (Wildman–Crippen MR) is 70.3 cm³/mol. The zero-order chi connectivity index (χ0) is 12.5. The number of hydrogen-bond donors (Lipinski definition) is 0. The summed E-state index contributed by atoms with van der Waals surface area (Å²) in [6.07, 6.45) is 0.474. The number of benzene rings is 2. The van der Waals surface area contributed by atoms with Crippen LogP contribution >= 0.6 is 0 Å². The molecule has 1 amide bonds. The first kappa shape index (κ1) is 10.8. The molecule has 0 saturated heterocycles. The standard InChI is InChI=1S/C15H13NO2/c1-18-13-8-6-12(7-9-13)16-14-5-3-2-4-11(14)10-15(16)17/h2-9H,10H2,1H3. The normalized spacial score (nSPS) is 13.6. The van der Waals surface area contributed by atoms with Gasteiger partial charge in [-0.3, -0.25) is 9.69 Å². The third-order valence-electron chi connectivity index (χ3n) is 3.15. The Kier molecular flexibility index (Phi) is 2.52. The van der Waals surface area contributed by atoms with E-state index >= 15 is 0 Å². The molecular formula is C15H13NO2. The Bertz CT molecular complexity index is 590. The van der Waals surface area contributed by atoms with Crippen LogP contribution in [0.2, 0.25) is 0 Å². The smallest absolute Gasteiger partial charge is 0.236 e. The van der Waals surface area contributed by atoms with Crippen LogP contribution in [-0.2, 0) is 11.2 Å². The Hall–Kier alpha value is -2.29. The SMILES string of the molecule is COc1ccc(N2C(=O)Cc3ccccc32)cc1. The van der Waals surface area contributed by atoms with E-state index in [9.17, 15) is 4.79 Å². The van der Waals surface area contributed by atoms with Crippen LogP contribution in [0.25, 0.3) is 0 Å². The van der Waals surface area contributed by atoms with Crippen LogP contribution in [0.1, 0.15) is 5.56 Å². The minimum atomic E-state index is 0.112. The lowest BCUT2D eigenvalue weighted by atomic mass is 10.2. The summed E-state index contributed by atoms with van der Waals surface area (Å²) in [5, 5.41) is 0. The van der Waals surface area contributed by atoms with E-state index in [-0.39, 0.29) is 5.91 Å². The van der Waals surface area contributed by atoms with Crippen LogP contribution in [-0.4, -0.2) is 13.0 Å². The monoisotopic (exact) mass is 239 g/mol. The van der Waals surface area contributed by atoms with E-state index in [4.69, 9.17) is 4.74 Å². The Balaban J connectivity index is 2.03. The van der Waals surface area contributed by atoms with Crippen molar-refractivity contribution in [1.29, 1.82) is 0 Å². The second-order valence-corrected chi connectivity index (χ2v) is 4.23. The summed E-state index contributed by atoms with van der Waals surface area (Å²) >= 11 is 0. The van der Waals surface area contributed by atoms with Crippen molar-refractivity contribution in [3.05, 3.63) is 54.1 Å². The number of hydrogen-bond acceptors (Lipinski definition) is 2. The van der Waals surface area contributed by atoms with Gasteiger partial charge in [-0.05, 0) is 35.9 Å². The molecule has 3 nitrogen and oxygen atoms in total. The zero-order valence-electron chi connectivity index (χ0n) is 10.1. The minimum Gasteiger partial charge on any atom is -0.497 e. The van der Waals surface area contributed by atoms with Gasteiger partial charge >= 0.3 is 0 Å². The van der Waals surface area contributed by atoms with Gasteiger partial charge in [0.1, 0.15) is 5.75 Å². The Morgan fingerprint density at radius 1 is 1.06 bits per heavy atom. The summed E-state index contributed by atoms with van der Waals surface area (Å²) in [5.74, 6) is 0.903. The quantitative estimate of drug-likeness (QED) is 0.806. The third kappa shape index (κ3) is 1.64. The number of rotatable bonds is 2. The fourth-order valence-electron chi connectivity index (χ4n) is 2.27. The molecule has 0 unspecified atom stereocenters. The average Bonchev–Trinajstić information content (AvgIpc) is 2.75. The van der Waals surface area contributed by atoms with E-state index in [1.807, 2.05) is 48.5 Å². The van der Waals surface area contributed by atoms with Gasteiger partial charge in [0, 0.05) is 5.69 Å². The third-order valence-corrected chi connectivity index (χ3v) is 3.15. The molecule has 90 valence electrons. The summed E-state index contributed by atoms with van der Waals surface area (Å²) in [4.78, 5) is 13.8. The van der Waals surface area contributed by atoms with Crippen molar-refractivity contribution < 1.29 is 9.53 Å². The highest BCUT2D eigenvalue weighted by atomic mass is 16.5. The van der Waals surface area contributed by atoms with Gasteiger partial charge in [-0.1, -0.05) is 18.2 Å². The summed E-state index contributed by atoms with van der Waals surface area (Å²) in [6.45, 7) is 0. The number of para-hydroxylation sites is 1. The Morgan fingerprint density at radius 3 is 2.50 bits per heavy atom. The maximum absolute atomic E-state index is 12.1. The number of carbonyl (C=O) groups is 1. The molecule has 0 saturated carbocycles. The van der Waals surface area contributed by atoms with Crippen molar-refractivity contribution in [1.82, 2.24) is 0 Å². The molecule has 18 heavy (non-hydrogen) atoms. The molecule has 3 rings (SSSR count). The lowest BCUT2D eigenvalue weighted by molar-refractivity contribution is -0.116. The summed E-state index contributed by atoms with van der Waals surface area (Å²) in [6, 6.07) is 15.4. The number of amides is 1. The predicted octanol–water partition coefficient (Wildman–Crippen LogP) is 2.92. The highest BCUT2D eigenvalue weighted by Crippen LogP contribution is 2.35. The average molecular weight is 239 g/mol. The summed E-state index contributed by atoms with van der Waals surface area (Å²) < 4.78 is 5.12. The van der Waals surface area contributed by atoms with Crippen molar-refractivity contribution in [2.24, 2.45) is 0 Å². The molecule has 3 heteroatoms. The molecule has 2 aromatic carbocycles. The largest absolute Gasteiger partial charge is 0.497 e.